The standard InChI is InChI=1S/C3H8ClO4P.Na/c1-2-3-7-9(5,6)8-4;/h2-3H2,1H3,(H,5,6);/q;+1/p-1. The van der Waals surface area contributed by atoms with E-state index < -0.39 is 7.82 Å². The molecule has 4 nitrogen and oxygen atoms in total. The molecule has 0 saturated heterocycles. The average molecular weight is 197 g/mol. The second kappa shape index (κ2) is 7.07. The Balaban J connectivity index is 0. The number of rotatable bonds is 4. The molecule has 0 aromatic rings. The zero-order chi connectivity index (χ0) is 7.33. The molecule has 0 rings (SSSR count). The van der Waals surface area contributed by atoms with Crippen molar-refractivity contribution >= 4 is 19.7 Å². The Bertz CT molecular complexity index is 121. The molecule has 0 aromatic carbocycles. The van der Waals surface area contributed by atoms with Gasteiger partial charge in [0.2, 0.25) is 0 Å². The first-order valence-corrected chi connectivity index (χ1v) is 4.15. The van der Waals surface area contributed by atoms with Crippen LogP contribution in [0.5, 0.6) is 0 Å². The fourth-order valence-electron chi connectivity index (χ4n) is 0.223. The molecule has 0 saturated carbocycles. The molecule has 10 heavy (non-hydrogen) atoms. The molecular weight excluding hydrogens is 189 g/mol. The summed E-state index contributed by atoms with van der Waals surface area (Å²) in [6.07, 6.45) is 0.604. The van der Waals surface area contributed by atoms with Crippen LogP contribution in [0.3, 0.4) is 0 Å². The van der Waals surface area contributed by atoms with E-state index in [1.165, 1.54) is 0 Å². The predicted octanol–water partition coefficient (Wildman–Crippen LogP) is -1.94. The number of hydrogen-bond acceptors (Lipinski definition) is 4. The third kappa shape index (κ3) is 7.51. The zero-order valence-corrected chi connectivity index (χ0v) is 9.52. The zero-order valence-electron chi connectivity index (χ0n) is 5.87. The Morgan fingerprint density at radius 2 is 2.20 bits per heavy atom. The van der Waals surface area contributed by atoms with Crippen molar-refractivity contribution in [3.05, 3.63) is 0 Å². The van der Waals surface area contributed by atoms with E-state index in [1.807, 2.05) is 0 Å². The predicted molar refractivity (Wildman–Crippen MR) is 30.8 cm³/mol. The van der Waals surface area contributed by atoms with Gasteiger partial charge in [0.05, 0.1) is 18.5 Å². The van der Waals surface area contributed by atoms with E-state index in [9.17, 15) is 9.46 Å². The second-order valence-electron chi connectivity index (χ2n) is 1.35. The summed E-state index contributed by atoms with van der Waals surface area (Å²) in [7, 11) is -4.17. The summed E-state index contributed by atoms with van der Waals surface area (Å²) in [5.41, 5.74) is 0. The van der Waals surface area contributed by atoms with Crippen molar-refractivity contribution in [3.8, 4) is 0 Å². The fourth-order valence-corrected chi connectivity index (χ4v) is 0.789. The number of hydrogen-bond donors (Lipinski definition) is 0. The van der Waals surface area contributed by atoms with Crippen molar-refractivity contribution in [2.75, 3.05) is 6.61 Å². The summed E-state index contributed by atoms with van der Waals surface area (Å²) in [5.74, 6) is 0. The number of phosphoric acid groups is 1. The van der Waals surface area contributed by atoms with Gasteiger partial charge in [0.15, 0.2) is 0 Å². The van der Waals surface area contributed by atoms with Gasteiger partial charge in [0, 0.05) is 0 Å². The summed E-state index contributed by atoms with van der Waals surface area (Å²) in [6.45, 7) is 1.88. The molecule has 0 aromatic heterocycles. The van der Waals surface area contributed by atoms with E-state index in [0.29, 0.717) is 6.42 Å². The van der Waals surface area contributed by atoms with Crippen molar-refractivity contribution < 1.29 is 47.6 Å². The van der Waals surface area contributed by atoms with Crippen molar-refractivity contribution in [1.29, 1.82) is 0 Å². The molecule has 0 spiro atoms. The molecular formula is C3H7ClNaO4P. The van der Waals surface area contributed by atoms with E-state index in [-0.39, 0.29) is 36.2 Å². The van der Waals surface area contributed by atoms with Crippen LogP contribution in [-0.2, 0) is 13.2 Å². The Hall–Kier alpha value is 1.40. The van der Waals surface area contributed by atoms with E-state index in [1.54, 1.807) is 6.92 Å². The summed E-state index contributed by atoms with van der Waals surface area (Å²) in [6, 6.07) is 0. The van der Waals surface area contributed by atoms with E-state index >= 15 is 0 Å². The minimum absolute atomic E-state index is 0. The third-order valence-corrected chi connectivity index (χ3v) is 1.71. The molecule has 0 heterocycles. The number of halogens is 1. The van der Waals surface area contributed by atoms with Gasteiger partial charge in [-0.15, -0.1) is 0 Å². The van der Waals surface area contributed by atoms with Crippen molar-refractivity contribution in [1.82, 2.24) is 0 Å². The van der Waals surface area contributed by atoms with Gasteiger partial charge in [-0.3, -0.25) is 4.57 Å². The first-order chi connectivity index (χ1) is 4.12. The summed E-state index contributed by atoms with van der Waals surface area (Å²) in [4.78, 5) is 10.2. The van der Waals surface area contributed by atoms with Gasteiger partial charge in [-0.2, -0.15) is 0 Å². The van der Waals surface area contributed by atoms with Crippen LogP contribution in [0.25, 0.3) is 0 Å². The first-order valence-electron chi connectivity index (χ1n) is 2.38. The molecule has 0 aliphatic rings. The van der Waals surface area contributed by atoms with Gasteiger partial charge >= 0.3 is 29.6 Å². The molecule has 1 unspecified atom stereocenters. The van der Waals surface area contributed by atoms with Crippen LogP contribution in [0.1, 0.15) is 13.3 Å². The van der Waals surface area contributed by atoms with Crippen LogP contribution in [-0.4, -0.2) is 6.61 Å². The van der Waals surface area contributed by atoms with Crippen LogP contribution < -0.4 is 34.5 Å². The van der Waals surface area contributed by atoms with Crippen LogP contribution in [0.4, 0.5) is 0 Å². The second-order valence-corrected chi connectivity index (χ2v) is 3.05. The molecule has 0 aliphatic carbocycles. The van der Waals surface area contributed by atoms with Crippen LogP contribution in [0.15, 0.2) is 0 Å². The Morgan fingerprint density at radius 1 is 1.70 bits per heavy atom. The SMILES string of the molecule is CCCOP(=O)([O-])OCl.[Na+]. The maximum atomic E-state index is 10.2. The molecule has 1 atom stereocenters. The molecule has 0 amide bonds. The molecule has 0 bridgehead atoms. The summed E-state index contributed by atoms with van der Waals surface area (Å²) >= 11 is 4.53. The van der Waals surface area contributed by atoms with E-state index in [0.717, 1.165) is 0 Å². The normalized spacial score (nSPS) is 15.5. The molecule has 0 aliphatic heterocycles. The average Bonchev–Trinajstić information content (AvgIpc) is 1.84. The van der Waals surface area contributed by atoms with E-state index in [2.05, 4.69) is 20.5 Å². The summed E-state index contributed by atoms with van der Waals surface area (Å²) < 4.78 is 17.9. The minimum Gasteiger partial charge on any atom is -0.755 e. The number of phosphoric ester groups is 1. The van der Waals surface area contributed by atoms with Crippen molar-refractivity contribution in [3.63, 3.8) is 0 Å². The largest absolute Gasteiger partial charge is 1.00 e. The van der Waals surface area contributed by atoms with Crippen molar-refractivity contribution in [2.24, 2.45) is 0 Å². The van der Waals surface area contributed by atoms with Gasteiger partial charge < -0.3 is 9.42 Å². The monoisotopic (exact) mass is 196 g/mol. The topological polar surface area (TPSA) is 58.6 Å². The minimum atomic E-state index is -4.17. The maximum Gasteiger partial charge on any atom is 1.00 e. The first kappa shape index (κ1) is 14.0. The van der Waals surface area contributed by atoms with Crippen LogP contribution in [0.2, 0.25) is 0 Å². The van der Waals surface area contributed by atoms with Gasteiger partial charge in [-0.05, 0) is 6.42 Å². The van der Waals surface area contributed by atoms with Gasteiger partial charge in [0.1, 0.15) is 0 Å². The Kier molecular flexibility index (Phi) is 9.87. The Morgan fingerprint density at radius 3 is 2.50 bits per heavy atom. The maximum absolute atomic E-state index is 10.2. The van der Waals surface area contributed by atoms with Gasteiger partial charge in [-0.1, -0.05) is 6.92 Å². The smallest absolute Gasteiger partial charge is 0.755 e. The van der Waals surface area contributed by atoms with E-state index in [4.69, 9.17) is 0 Å². The quantitative estimate of drug-likeness (QED) is 0.388. The molecule has 7 heteroatoms. The van der Waals surface area contributed by atoms with Crippen LogP contribution in [0, 0.1) is 0 Å². The molecule has 0 radical (unpaired) electrons. The Labute approximate surface area is 86.9 Å². The summed E-state index contributed by atoms with van der Waals surface area (Å²) in [5, 5.41) is 0. The molecule has 0 N–H and O–H groups in total. The molecule has 56 valence electrons. The van der Waals surface area contributed by atoms with Gasteiger partial charge in [0.25, 0.3) is 7.82 Å². The molecule has 0 fully saturated rings. The van der Waals surface area contributed by atoms with Gasteiger partial charge in [-0.25, -0.2) is 4.08 Å². The van der Waals surface area contributed by atoms with Crippen molar-refractivity contribution in [2.45, 2.75) is 13.3 Å². The third-order valence-electron chi connectivity index (χ3n) is 0.538. The fraction of sp³-hybridized carbons (Fsp3) is 1.00. The van der Waals surface area contributed by atoms with Crippen LogP contribution >= 0.6 is 19.7 Å².